The molecule has 130 valence electrons. The van der Waals surface area contributed by atoms with Crippen LogP contribution in [0.1, 0.15) is 19.4 Å². The average Bonchev–Trinajstić information content (AvgIpc) is 2.52. The summed E-state index contributed by atoms with van der Waals surface area (Å²) in [6.07, 6.45) is 0.867. The molecule has 0 aromatic heterocycles. The maximum absolute atomic E-state index is 10.8. The first kappa shape index (κ1) is 21.5. The fraction of sp³-hybridized carbons (Fsp3) is 0.500. The minimum Gasteiger partial charge on any atom is -0.497 e. The van der Waals surface area contributed by atoms with Crippen LogP contribution in [0.4, 0.5) is 0 Å². The van der Waals surface area contributed by atoms with Crippen molar-refractivity contribution in [3.63, 3.8) is 0 Å². The number of rotatable bonds is 8. The number of nitrogens with one attached hydrogen (secondary N) is 3. The number of carbonyl (C=O) groups excluding carboxylic acids is 1. The first-order valence-electron chi connectivity index (χ1n) is 7.55. The molecule has 23 heavy (non-hydrogen) atoms. The highest BCUT2D eigenvalue weighted by Gasteiger charge is 1.98. The van der Waals surface area contributed by atoms with Crippen molar-refractivity contribution in [2.45, 2.75) is 20.3 Å². The van der Waals surface area contributed by atoms with Crippen LogP contribution in [0.2, 0.25) is 0 Å². The molecule has 0 unspecified atom stereocenters. The Morgan fingerprint density at radius 2 is 1.78 bits per heavy atom. The summed E-state index contributed by atoms with van der Waals surface area (Å²) in [5.41, 5.74) is 1.22. The largest absolute Gasteiger partial charge is 0.497 e. The molecule has 0 aliphatic rings. The van der Waals surface area contributed by atoms with E-state index in [9.17, 15) is 4.79 Å². The van der Waals surface area contributed by atoms with Gasteiger partial charge in [0.2, 0.25) is 5.91 Å². The Balaban J connectivity index is 0.00000484. The Kier molecular flexibility index (Phi) is 12.1. The number of benzene rings is 1. The van der Waals surface area contributed by atoms with Crippen LogP contribution in [-0.2, 0) is 11.2 Å². The molecule has 0 saturated carbocycles. The third-order valence-electron chi connectivity index (χ3n) is 2.97. The Morgan fingerprint density at radius 1 is 1.13 bits per heavy atom. The molecule has 7 heteroatoms. The molecule has 1 rings (SSSR count). The molecule has 6 nitrogen and oxygen atoms in total. The smallest absolute Gasteiger partial charge is 0.216 e. The summed E-state index contributed by atoms with van der Waals surface area (Å²) in [5, 5.41) is 9.11. The molecule has 0 aliphatic carbocycles. The summed E-state index contributed by atoms with van der Waals surface area (Å²) in [6, 6.07) is 8.00. The second kappa shape index (κ2) is 13.0. The number of amides is 1. The molecule has 0 atom stereocenters. The maximum Gasteiger partial charge on any atom is 0.216 e. The number of carbonyl (C=O) groups is 1. The van der Waals surface area contributed by atoms with Crippen LogP contribution in [0.25, 0.3) is 0 Å². The summed E-state index contributed by atoms with van der Waals surface area (Å²) < 4.78 is 5.14. The van der Waals surface area contributed by atoms with Gasteiger partial charge in [-0.05, 0) is 31.0 Å². The molecule has 0 heterocycles. The van der Waals surface area contributed by atoms with Crippen molar-refractivity contribution in [1.82, 2.24) is 16.0 Å². The molecule has 0 fully saturated rings. The van der Waals surface area contributed by atoms with Gasteiger partial charge in [-0.15, -0.1) is 24.0 Å². The van der Waals surface area contributed by atoms with Crippen LogP contribution in [0.3, 0.4) is 0 Å². The zero-order chi connectivity index (χ0) is 16.2. The predicted molar refractivity (Wildman–Crippen MR) is 105 cm³/mol. The van der Waals surface area contributed by atoms with Gasteiger partial charge in [-0.1, -0.05) is 12.1 Å². The van der Waals surface area contributed by atoms with Crippen molar-refractivity contribution in [1.29, 1.82) is 0 Å². The van der Waals surface area contributed by atoms with Gasteiger partial charge >= 0.3 is 0 Å². The highest BCUT2D eigenvalue weighted by atomic mass is 127. The summed E-state index contributed by atoms with van der Waals surface area (Å²) in [6.45, 7) is 6.26. The average molecular weight is 434 g/mol. The molecule has 1 aromatic carbocycles. The van der Waals surface area contributed by atoms with Crippen molar-refractivity contribution in [3.05, 3.63) is 29.8 Å². The second-order valence-corrected chi connectivity index (χ2v) is 4.77. The van der Waals surface area contributed by atoms with E-state index in [1.165, 1.54) is 12.5 Å². The van der Waals surface area contributed by atoms with E-state index in [4.69, 9.17) is 4.74 Å². The summed E-state index contributed by atoms with van der Waals surface area (Å²) in [5.74, 6) is 1.60. The molecule has 1 aromatic rings. The minimum absolute atomic E-state index is 0. The molecule has 0 radical (unpaired) electrons. The number of hydrogen-bond donors (Lipinski definition) is 3. The number of hydrogen-bond acceptors (Lipinski definition) is 3. The number of halogens is 1. The number of ether oxygens (including phenoxy) is 1. The van der Waals surface area contributed by atoms with Gasteiger partial charge < -0.3 is 20.7 Å². The van der Waals surface area contributed by atoms with Gasteiger partial charge in [0.15, 0.2) is 5.96 Å². The standard InChI is InChI=1S/C16H26N4O2.HI/c1-4-17-16(20-12-11-18-13(2)21)19-10-9-14-5-7-15(22-3)8-6-14;/h5-8H,4,9-12H2,1-3H3,(H,18,21)(H2,17,19,20);1H. The van der Waals surface area contributed by atoms with E-state index in [-0.39, 0.29) is 29.9 Å². The molecule has 1 amide bonds. The van der Waals surface area contributed by atoms with E-state index >= 15 is 0 Å². The lowest BCUT2D eigenvalue weighted by molar-refractivity contribution is -0.118. The SMILES string of the molecule is CCNC(=NCCc1ccc(OC)cc1)NCCNC(C)=O.I. The van der Waals surface area contributed by atoms with Crippen molar-refractivity contribution in [2.75, 3.05) is 33.3 Å². The van der Waals surface area contributed by atoms with Gasteiger partial charge in [0.1, 0.15) is 5.75 Å². The lowest BCUT2D eigenvalue weighted by Crippen LogP contribution is -2.41. The quantitative estimate of drug-likeness (QED) is 0.251. The first-order valence-corrected chi connectivity index (χ1v) is 7.55. The maximum atomic E-state index is 10.8. The van der Waals surface area contributed by atoms with Crippen LogP contribution >= 0.6 is 24.0 Å². The lowest BCUT2D eigenvalue weighted by Gasteiger charge is -2.11. The number of nitrogens with zero attached hydrogens (tertiary/aromatic N) is 1. The van der Waals surface area contributed by atoms with E-state index in [0.717, 1.165) is 24.7 Å². The minimum atomic E-state index is -0.0248. The Bertz CT molecular complexity index is 477. The van der Waals surface area contributed by atoms with Gasteiger partial charge in [0.25, 0.3) is 0 Å². The molecular weight excluding hydrogens is 407 g/mol. The van der Waals surface area contributed by atoms with Gasteiger partial charge in [-0.25, -0.2) is 0 Å². The van der Waals surface area contributed by atoms with E-state index in [1.807, 2.05) is 31.2 Å². The number of guanidine groups is 1. The van der Waals surface area contributed by atoms with Crippen molar-refractivity contribution in [3.8, 4) is 5.75 Å². The molecule has 0 bridgehead atoms. The van der Waals surface area contributed by atoms with Crippen molar-refractivity contribution < 1.29 is 9.53 Å². The number of methoxy groups -OCH3 is 1. The molecule has 0 aliphatic heterocycles. The van der Waals surface area contributed by atoms with E-state index in [0.29, 0.717) is 19.6 Å². The molecule has 0 spiro atoms. The van der Waals surface area contributed by atoms with Crippen molar-refractivity contribution >= 4 is 35.8 Å². The lowest BCUT2D eigenvalue weighted by atomic mass is 10.1. The van der Waals surface area contributed by atoms with Gasteiger partial charge in [-0.3, -0.25) is 9.79 Å². The third kappa shape index (κ3) is 9.98. The predicted octanol–water partition coefficient (Wildman–Crippen LogP) is 1.55. The number of aliphatic imine (C=N–C) groups is 1. The third-order valence-corrected chi connectivity index (χ3v) is 2.97. The van der Waals surface area contributed by atoms with E-state index in [2.05, 4.69) is 20.9 Å². The van der Waals surface area contributed by atoms with Crippen LogP contribution < -0.4 is 20.7 Å². The van der Waals surface area contributed by atoms with Gasteiger partial charge in [0, 0.05) is 33.1 Å². The fourth-order valence-electron chi connectivity index (χ4n) is 1.85. The molecule has 3 N–H and O–H groups in total. The van der Waals surface area contributed by atoms with Gasteiger partial charge in [-0.2, -0.15) is 0 Å². The van der Waals surface area contributed by atoms with Gasteiger partial charge in [0.05, 0.1) is 7.11 Å². The van der Waals surface area contributed by atoms with E-state index < -0.39 is 0 Å². The van der Waals surface area contributed by atoms with Crippen LogP contribution in [0.5, 0.6) is 5.75 Å². The second-order valence-electron chi connectivity index (χ2n) is 4.77. The Morgan fingerprint density at radius 3 is 2.35 bits per heavy atom. The van der Waals surface area contributed by atoms with Crippen LogP contribution in [0, 0.1) is 0 Å². The first-order chi connectivity index (χ1) is 10.7. The zero-order valence-corrected chi connectivity index (χ0v) is 16.3. The fourth-order valence-corrected chi connectivity index (χ4v) is 1.85. The summed E-state index contributed by atoms with van der Waals surface area (Å²) in [4.78, 5) is 15.3. The summed E-state index contributed by atoms with van der Waals surface area (Å²) in [7, 11) is 1.66. The summed E-state index contributed by atoms with van der Waals surface area (Å²) >= 11 is 0. The highest BCUT2D eigenvalue weighted by molar-refractivity contribution is 14.0. The van der Waals surface area contributed by atoms with Crippen LogP contribution in [-0.4, -0.2) is 45.2 Å². The monoisotopic (exact) mass is 434 g/mol. The Labute approximate surface area is 155 Å². The van der Waals surface area contributed by atoms with E-state index in [1.54, 1.807) is 7.11 Å². The molecule has 0 saturated heterocycles. The zero-order valence-electron chi connectivity index (χ0n) is 14.0. The van der Waals surface area contributed by atoms with Crippen molar-refractivity contribution in [2.24, 2.45) is 4.99 Å². The molecular formula is C16H27IN4O2. The topological polar surface area (TPSA) is 74.8 Å². The Hall–Kier alpha value is -1.51. The highest BCUT2D eigenvalue weighted by Crippen LogP contribution is 2.11. The normalized spacial score (nSPS) is 10.5. The van der Waals surface area contributed by atoms with Crippen LogP contribution in [0.15, 0.2) is 29.3 Å².